The van der Waals surface area contributed by atoms with Crippen molar-refractivity contribution in [1.29, 1.82) is 10.5 Å². The van der Waals surface area contributed by atoms with Crippen LogP contribution in [0.25, 0.3) is 0 Å². The third-order valence-corrected chi connectivity index (χ3v) is 3.21. The molecule has 0 atom stereocenters. The van der Waals surface area contributed by atoms with Crippen LogP contribution in [0, 0.1) is 22.7 Å². The molecule has 0 amide bonds. The monoisotopic (exact) mass is 334 g/mol. The summed E-state index contributed by atoms with van der Waals surface area (Å²) in [4.78, 5) is 23.7. The highest BCUT2D eigenvalue weighted by atomic mass is 16.5. The number of ether oxygens (including phenoxy) is 2. The quantitative estimate of drug-likeness (QED) is 0.595. The molecule has 0 fully saturated rings. The minimum absolute atomic E-state index is 0.0845. The fraction of sp³-hybridized carbons (Fsp3) is 0.158. The van der Waals surface area contributed by atoms with Gasteiger partial charge in [0, 0.05) is 6.42 Å². The summed E-state index contributed by atoms with van der Waals surface area (Å²) in [5, 5.41) is 17.6. The van der Waals surface area contributed by atoms with Crippen LogP contribution >= 0.6 is 0 Å². The standard InChI is InChI=1S/C19H14N2O4/c20-12-14-4-1-6-16(10-14)18(22)24-8-3-9-25-19(23)17-7-2-5-15(11-17)13-21/h1-2,4-7,10-11H,3,8-9H2. The van der Waals surface area contributed by atoms with Crippen LogP contribution in [0.5, 0.6) is 0 Å². The highest BCUT2D eigenvalue weighted by Gasteiger charge is 2.09. The Labute approximate surface area is 144 Å². The van der Waals surface area contributed by atoms with Crippen LogP contribution in [0.1, 0.15) is 38.3 Å². The van der Waals surface area contributed by atoms with E-state index in [1.165, 1.54) is 12.1 Å². The fourth-order valence-corrected chi connectivity index (χ4v) is 1.99. The molecule has 0 N–H and O–H groups in total. The summed E-state index contributed by atoms with van der Waals surface area (Å²) >= 11 is 0. The van der Waals surface area contributed by atoms with E-state index in [9.17, 15) is 9.59 Å². The molecule has 0 bridgehead atoms. The van der Waals surface area contributed by atoms with Gasteiger partial charge in [-0.2, -0.15) is 10.5 Å². The van der Waals surface area contributed by atoms with E-state index in [4.69, 9.17) is 20.0 Å². The second-order valence-corrected chi connectivity index (χ2v) is 5.01. The lowest BCUT2D eigenvalue weighted by atomic mass is 10.1. The zero-order valence-corrected chi connectivity index (χ0v) is 13.3. The minimum atomic E-state index is -0.537. The van der Waals surface area contributed by atoms with Crippen molar-refractivity contribution in [2.24, 2.45) is 0 Å². The van der Waals surface area contributed by atoms with Gasteiger partial charge in [-0.1, -0.05) is 12.1 Å². The van der Waals surface area contributed by atoms with Crippen LogP contribution in [-0.4, -0.2) is 25.2 Å². The summed E-state index contributed by atoms with van der Waals surface area (Å²) in [6.45, 7) is 0.169. The van der Waals surface area contributed by atoms with Crippen LogP contribution in [0.15, 0.2) is 48.5 Å². The van der Waals surface area contributed by atoms with E-state index < -0.39 is 11.9 Å². The lowest BCUT2D eigenvalue weighted by Crippen LogP contribution is -2.11. The van der Waals surface area contributed by atoms with Crippen molar-refractivity contribution in [3.8, 4) is 12.1 Å². The first-order chi connectivity index (χ1) is 12.1. The van der Waals surface area contributed by atoms with Gasteiger partial charge in [-0.05, 0) is 36.4 Å². The van der Waals surface area contributed by atoms with Crippen LogP contribution < -0.4 is 0 Å². The normalized spacial score (nSPS) is 9.52. The van der Waals surface area contributed by atoms with Crippen molar-refractivity contribution < 1.29 is 19.1 Å². The number of benzene rings is 2. The van der Waals surface area contributed by atoms with Crippen LogP contribution in [0.2, 0.25) is 0 Å². The molecule has 124 valence electrons. The number of hydrogen-bond donors (Lipinski definition) is 0. The van der Waals surface area contributed by atoms with Gasteiger partial charge in [-0.15, -0.1) is 0 Å². The Morgan fingerprint density at radius 2 is 1.24 bits per heavy atom. The van der Waals surface area contributed by atoms with E-state index in [-0.39, 0.29) is 13.2 Å². The Bertz CT molecular complexity index is 791. The maximum atomic E-state index is 11.8. The van der Waals surface area contributed by atoms with Crippen LogP contribution in [0.3, 0.4) is 0 Å². The van der Waals surface area contributed by atoms with Gasteiger partial charge in [0.15, 0.2) is 0 Å². The van der Waals surface area contributed by atoms with Gasteiger partial charge in [0.2, 0.25) is 0 Å². The number of carbonyl (C=O) groups excluding carboxylic acids is 2. The molecule has 25 heavy (non-hydrogen) atoms. The van der Waals surface area contributed by atoms with E-state index >= 15 is 0 Å². The molecule has 0 heterocycles. The zero-order chi connectivity index (χ0) is 18.1. The maximum absolute atomic E-state index is 11.8. The third kappa shape index (κ3) is 5.19. The number of hydrogen-bond acceptors (Lipinski definition) is 6. The summed E-state index contributed by atoms with van der Waals surface area (Å²) in [6, 6.07) is 16.3. The molecule has 6 heteroatoms. The molecule has 0 aliphatic heterocycles. The van der Waals surface area contributed by atoms with Gasteiger partial charge in [0.25, 0.3) is 0 Å². The van der Waals surface area contributed by atoms with E-state index in [2.05, 4.69) is 0 Å². The van der Waals surface area contributed by atoms with Gasteiger partial charge in [-0.3, -0.25) is 0 Å². The first kappa shape index (κ1) is 17.7. The van der Waals surface area contributed by atoms with Gasteiger partial charge in [0.05, 0.1) is 47.6 Å². The lowest BCUT2D eigenvalue weighted by molar-refractivity contribution is 0.0396. The van der Waals surface area contributed by atoms with E-state index in [1.807, 2.05) is 12.1 Å². The lowest BCUT2D eigenvalue weighted by Gasteiger charge is -2.07. The largest absolute Gasteiger partial charge is 0.462 e. The first-order valence-corrected chi connectivity index (χ1v) is 7.48. The van der Waals surface area contributed by atoms with Gasteiger partial charge >= 0.3 is 11.9 Å². The van der Waals surface area contributed by atoms with Crippen molar-refractivity contribution in [2.75, 3.05) is 13.2 Å². The van der Waals surface area contributed by atoms with E-state index in [1.54, 1.807) is 36.4 Å². The van der Waals surface area contributed by atoms with Gasteiger partial charge in [0.1, 0.15) is 0 Å². The third-order valence-electron chi connectivity index (χ3n) is 3.21. The van der Waals surface area contributed by atoms with E-state index in [0.717, 1.165) is 0 Å². The summed E-state index contributed by atoms with van der Waals surface area (Å²) in [6.07, 6.45) is 0.341. The molecular weight excluding hydrogens is 320 g/mol. The number of carbonyl (C=O) groups is 2. The zero-order valence-electron chi connectivity index (χ0n) is 13.3. The first-order valence-electron chi connectivity index (χ1n) is 7.48. The molecule has 0 aliphatic rings. The Morgan fingerprint density at radius 3 is 1.64 bits per heavy atom. The molecule has 2 aromatic carbocycles. The molecule has 6 nitrogen and oxygen atoms in total. The second-order valence-electron chi connectivity index (χ2n) is 5.01. The van der Waals surface area contributed by atoms with Crippen molar-refractivity contribution in [3.63, 3.8) is 0 Å². The predicted octanol–water partition coefficient (Wildman–Crippen LogP) is 2.83. The number of rotatable bonds is 6. The average molecular weight is 334 g/mol. The number of nitrogens with zero attached hydrogens (tertiary/aromatic N) is 2. The predicted molar refractivity (Wildman–Crippen MR) is 87.5 cm³/mol. The molecule has 0 saturated heterocycles. The molecule has 0 radical (unpaired) electrons. The minimum Gasteiger partial charge on any atom is -0.462 e. The Morgan fingerprint density at radius 1 is 0.800 bits per heavy atom. The number of nitriles is 2. The smallest absolute Gasteiger partial charge is 0.338 e. The summed E-state index contributed by atoms with van der Waals surface area (Å²) in [5.74, 6) is -1.07. The molecule has 2 aromatic rings. The van der Waals surface area contributed by atoms with Gasteiger partial charge < -0.3 is 9.47 Å². The van der Waals surface area contributed by atoms with Crippen molar-refractivity contribution in [2.45, 2.75) is 6.42 Å². The molecule has 0 spiro atoms. The van der Waals surface area contributed by atoms with Crippen molar-refractivity contribution >= 4 is 11.9 Å². The topological polar surface area (TPSA) is 100 Å². The van der Waals surface area contributed by atoms with Crippen LogP contribution in [-0.2, 0) is 9.47 Å². The highest BCUT2D eigenvalue weighted by molar-refractivity contribution is 5.90. The molecule has 0 aromatic heterocycles. The summed E-state index contributed by atoms with van der Waals surface area (Å²) < 4.78 is 10.1. The second kappa shape index (κ2) is 8.85. The Balaban J connectivity index is 1.74. The van der Waals surface area contributed by atoms with Crippen molar-refractivity contribution in [1.82, 2.24) is 0 Å². The number of esters is 2. The fourth-order valence-electron chi connectivity index (χ4n) is 1.99. The summed E-state index contributed by atoms with van der Waals surface area (Å²) in [7, 11) is 0. The van der Waals surface area contributed by atoms with E-state index in [0.29, 0.717) is 28.7 Å². The van der Waals surface area contributed by atoms with Crippen LogP contribution in [0.4, 0.5) is 0 Å². The molecule has 0 unspecified atom stereocenters. The maximum Gasteiger partial charge on any atom is 0.338 e. The summed E-state index contributed by atoms with van der Waals surface area (Å²) in [5.41, 5.74) is 1.35. The average Bonchev–Trinajstić information content (AvgIpc) is 2.67. The SMILES string of the molecule is N#Cc1cccc(C(=O)OCCCOC(=O)c2cccc(C#N)c2)c1. The van der Waals surface area contributed by atoms with Crippen molar-refractivity contribution in [3.05, 3.63) is 70.8 Å². The highest BCUT2D eigenvalue weighted by Crippen LogP contribution is 2.08. The Hall–Kier alpha value is -3.64. The Kier molecular flexibility index (Phi) is 6.27. The van der Waals surface area contributed by atoms with Gasteiger partial charge in [-0.25, -0.2) is 9.59 Å². The molecule has 2 rings (SSSR count). The molecular formula is C19H14N2O4. The molecule has 0 saturated carbocycles. The molecule has 0 aliphatic carbocycles.